The largest absolute Gasteiger partial charge is 0.304 e. The second-order valence-electron chi connectivity index (χ2n) is 2.51. The highest BCUT2D eigenvalue weighted by Crippen LogP contribution is 2.12. The van der Waals surface area contributed by atoms with Crippen LogP contribution >= 0.6 is 11.3 Å². The molecule has 0 bridgehead atoms. The second kappa shape index (κ2) is 3.51. The summed E-state index contributed by atoms with van der Waals surface area (Å²) in [5.74, 6) is 2.51. The van der Waals surface area contributed by atoms with E-state index in [1.807, 2.05) is 20.3 Å². The Morgan fingerprint density at radius 1 is 1.73 bits per heavy atom. The molecule has 1 aromatic heterocycles. The number of terminal acetylenes is 1. The number of nitrogens with zero attached hydrogens (tertiary/aromatic N) is 2. The van der Waals surface area contributed by atoms with Gasteiger partial charge < -0.3 is 4.90 Å². The van der Waals surface area contributed by atoms with Crippen molar-refractivity contribution in [2.75, 3.05) is 14.1 Å². The topological polar surface area (TPSA) is 16.1 Å². The van der Waals surface area contributed by atoms with Crippen LogP contribution in [-0.2, 0) is 6.54 Å². The molecular formula is C8H10N2S. The van der Waals surface area contributed by atoms with Crippen molar-refractivity contribution in [1.29, 1.82) is 0 Å². The third-order valence-corrected chi connectivity index (χ3v) is 2.06. The van der Waals surface area contributed by atoms with E-state index in [9.17, 15) is 0 Å². The predicted octanol–water partition coefficient (Wildman–Crippen LogP) is 1.19. The maximum absolute atomic E-state index is 5.18. The lowest BCUT2D eigenvalue weighted by atomic mass is 10.5. The fourth-order valence-corrected chi connectivity index (χ4v) is 1.60. The molecule has 11 heavy (non-hydrogen) atoms. The molecule has 0 aliphatic heterocycles. The molecule has 58 valence electrons. The van der Waals surface area contributed by atoms with Crippen LogP contribution in [-0.4, -0.2) is 24.0 Å². The highest BCUT2D eigenvalue weighted by molar-refractivity contribution is 7.12. The zero-order valence-corrected chi connectivity index (χ0v) is 7.48. The van der Waals surface area contributed by atoms with Crippen molar-refractivity contribution in [2.45, 2.75) is 6.54 Å². The maximum atomic E-state index is 5.18. The van der Waals surface area contributed by atoms with Crippen molar-refractivity contribution < 1.29 is 0 Å². The Morgan fingerprint density at radius 3 is 2.91 bits per heavy atom. The van der Waals surface area contributed by atoms with Gasteiger partial charge in [-0.3, -0.25) is 0 Å². The summed E-state index contributed by atoms with van der Waals surface area (Å²) in [5, 5.41) is 0.766. The molecule has 0 atom stereocenters. The van der Waals surface area contributed by atoms with Crippen LogP contribution in [0.1, 0.15) is 9.88 Å². The summed E-state index contributed by atoms with van der Waals surface area (Å²) in [6.07, 6.45) is 7.01. The van der Waals surface area contributed by atoms with Gasteiger partial charge in [-0.2, -0.15) is 0 Å². The monoisotopic (exact) mass is 166 g/mol. The molecule has 1 rings (SSSR count). The van der Waals surface area contributed by atoms with E-state index in [1.54, 1.807) is 11.3 Å². The van der Waals surface area contributed by atoms with E-state index in [-0.39, 0.29) is 0 Å². The molecule has 0 unspecified atom stereocenters. The molecule has 3 heteroatoms. The van der Waals surface area contributed by atoms with Gasteiger partial charge in [0.1, 0.15) is 0 Å². The average molecular weight is 166 g/mol. The van der Waals surface area contributed by atoms with Crippen LogP contribution in [0.5, 0.6) is 0 Å². The second-order valence-corrected chi connectivity index (χ2v) is 3.63. The van der Waals surface area contributed by atoms with Crippen molar-refractivity contribution >= 4 is 11.3 Å². The summed E-state index contributed by atoms with van der Waals surface area (Å²) in [5.41, 5.74) is 0. The molecule has 0 saturated carbocycles. The van der Waals surface area contributed by atoms with Crippen molar-refractivity contribution in [1.82, 2.24) is 9.88 Å². The molecular weight excluding hydrogens is 156 g/mol. The van der Waals surface area contributed by atoms with Gasteiger partial charge in [-0.1, -0.05) is 0 Å². The summed E-state index contributed by atoms with van der Waals surface area (Å²) in [4.78, 5) is 7.35. The molecule has 0 N–H and O–H groups in total. The van der Waals surface area contributed by atoms with Crippen LogP contribution in [0.3, 0.4) is 0 Å². The van der Waals surface area contributed by atoms with Gasteiger partial charge in [-0.05, 0) is 20.0 Å². The fourth-order valence-electron chi connectivity index (χ4n) is 0.759. The third-order valence-electron chi connectivity index (χ3n) is 1.15. The first-order valence-corrected chi connectivity index (χ1v) is 4.10. The first-order valence-electron chi connectivity index (χ1n) is 3.28. The van der Waals surface area contributed by atoms with Crippen LogP contribution in [0.25, 0.3) is 0 Å². The molecule has 0 aliphatic rings. The Hall–Kier alpha value is -0.850. The fraction of sp³-hybridized carbons (Fsp3) is 0.375. The number of hydrogen-bond acceptors (Lipinski definition) is 3. The van der Waals surface area contributed by atoms with E-state index in [4.69, 9.17) is 6.42 Å². The van der Waals surface area contributed by atoms with Gasteiger partial charge in [0.25, 0.3) is 0 Å². The minimum absolute atomic E-state index is 0.766. The van der Waals surface area contributed by atoms with Gasteiger partial charge in [0, 0.05) is 17.6 Å². The minimum atomic E-state index is 0.766. The van der Waals surface area contributed by atoms with E-state index in [0.29, 0.717) is 0 Å². The lowest BCUT2D eigenvalue weighted by Crippen LogP contribution is -2.09. The third kappa shape index (κ3) is 2.34. The van der Waals surface area contributed by atoms with Gasteiger partial charge in [-0.15, -0.1) is 17.8 Å². The first kappa shape index (κ1) is 8.25. The summed E-state index contributed by atoms with van der Waals surface area (Å²) in [6.45, 7) is 0.916. The Balaban J connectivity index is 2.67. The van der Waals surface area contributed by atoms with Crippen molar-refractivity contribution in [3.8, 4) is 12.3 Å². The van der Waals surface area contributed by atoms with Gasteiger partial charge in [0.15, 0.2) is 5.01 Å². The Labute approximate surface area is 70.9 Å². The van der Waals surface area contributed by atoms with Crippen molar-refractivity contribution in [3.63, 3.8) is 0 Å². The molecule has 1 heterocycles. The van der Waals surface area contributed by atoms with E-state index in [2.05, 4.69) is 15.8 Å². The minimum Gasteiger partial charge on any atom is -0.304 e. The molecule has 0 fully saturated rings. The summed E-state index contributed by atoms with van der Waals surface area (Å²) >= 11 is 1.57. The van der Waals surface area contributed by atoms with Crippen LogP contribution in [0.15, 0.2) is 6.20 Å². The first-order chi connectivity index (χ1) is 5.22. The molecule has 2 nitrogen and oxygen atoms in total. The standard InChI is InChI=1S/C8H10N2S/c1-4-8-9-5-7(11-8)6-10(2)3/h1,5H,6H2,2-3H3. The number of hydrogen-bond donors (Lipinski definition) is 0. The normalized spacial score (nSPS) is 10.0. The number of aromatic nitrogens is 1. The highest BCUT2D eigenvalue weighted by atomic mass is 32.1. The van der Waals surface area contributed by atoms with Crippen LogP contribution in [0, 0.1) is 12.3 Å². The lowest BCUT2D eigenvalue weighted by Gasteiger charge is -2.04. The Morgan fingerprint density at radius 2 is 2.45 bits per heavy atom. The van der Waals surface area contributed by atoms with Crippen LogP contribution in [0.2, 0.25) is 0 Å². The lowest BCUT2D eigenvalue weighted by molar-refractivity contribution is 0.406. The smallest absolute Gasteiger partial charge is 0.166 e. The summed E-state index contributed by atoms with van der Waals surface area (Å²) in [7, 11) is 4.05. The van der Waals surface area contributed by atoms with Gasteiger partial charge in [-0.25, -0.2) is 4.98 Å². The summed E-state index contributed by atoms with van der Waals surface area (Å²) < 4.78 is 0. The van der Waals surface area contributed by atoms with E-state index < -0.39 is 0 Å². The maximum Gasteiger partial charge on any atom is 0.166 e. The molecule has 1 aromatic rings. The van der Waals surface area contributed by atoms with Gasteiger partial charge in [0.2, 0.25) is 0 Å². The van der Waals surface area contributed by atoms with E-state index >= 15 is 0 Å². The molecule has 0 amide bonds. The highest BCUT2D eigenvalue weighted by Gasteiger charge is 1.99. The van der Waals surface area contributed by atoms with Crippen molar-refractivity contribution in [2.24, 2.45) is 0 Å². The van der Waals surface area contributed by atoms with E-state index in [1.165, 1.54) is 4.88 Å². The Bertz CT molecular complexity index is 270. The zero-order valence-electron chi connectivity index (χ0n) is 6.66. The van der Waals surface area contributed by atoms with Gasteiger partial charge >= 0.3 is 0 Å². The van der Waals surface area contributed by atoms with E-state index in [0.717, 1.165) is 11.6 Å². The number of rotatable bonds is 2. The molecule has 0 saturated heterocycles. The SMILES string of the molecule is C#Cc1ncc(CN(C)C)s1. The molecule has 0 aromatic carbocycles. The molecule has 0 aliphatic carbocycles. The zero-order chi connectivity index (χ0) is 8.27. The van der Waals surface area contributed by atoms with Crippen LogP contribution < -0.4 is 0 Å². The predicted molar refractivity (Wildman–Crippen MR) is 47.4 cm³/mol. The quantitative estimate of drug-likeness (QED) is 0.613. The summed E-state index contributed by atoms with van der Waals surface area (Å²) in [6, 6.07) is 0. The Kier molecular flexibility index (Phi) is 2.64. The molecule has 0 spiro atoms. The van der Waals surface area contributed by atoms with Crippen molar-refractivity contribution in [3.05, 3.63) is 16.1 Å². The molecule has 0 radical (unpaired) electrons. The number of thiazole rings is 1. The van der Waals surface area contributed by atoms with Crippen LogP contribution in [0.4, 0.5) is 0 Å². The average Bonchev–Trinajstić information content (AvgIpc) is 2.34. The van der Waals surface area contributed by atoms with Gasteiger partial charge in [0.05, 0.1) is 0 Å².